The number of hydrogen-bond acceptors (Lipinski definition) is 4. The Labute approximate surface area is 90.7 Å². The summed E-state index contributed by atoms with van der Waals surface area (Å²) in [6.45, 7) is 3.17. The van der Waals surface area contributed by atoms with Crippen molar-refractivity contribution in [2.75, 3.05) is 33.7 Å². The van der Waals surface area contributed by atoms with Gasteiger partial charge in [-0.15, -0.1) is 0 Å². The summed E-state index contributed by atoms with van der Waals surface area (Å²) in [6.07, 6.45) is 3.96. The molecule has 1 fully saturated rings. The lowest BCUT2D eigenvalue weighted by Gasteiger charge is -2.06. The van der Waals surface area contributed by atoms with E-state index in [-0.39, 0.29) is 0 Å². The molecule has 1 aromatic heterocycles. The molecule has 4 heteroatoms. The molecule has 0 radical (unpaired) electrons. The molecule has 1 aromatic rings. The molecule has 1 atom stereocenters. The summed E-state index contributed by atoms with van der Waals surface area (Å²) in [7, 11) is 4.09. The Morgan fingerprint density at radius 2 is 2.53 bits per heavy atom. The van der Waals surface area contributed by atoms with Gasteiger partial charge < -0.3 is 14.6 Å². The molecule has 2 heterocycles. The van der Waals surface area contributed by atoms with Crippen LogP contribution in [0.1, 0.15) is 24.0 Å². The van der Waals surface area contributed by atoms with Gasteiger partial charge in [0.05, 0.1) is 6.20 Å². The van der Waals surface area contributed by atoms with E-state index in [1.54, 1.807) is 0 Å². The van der Waals surface area contributed by atoms with E-state index in [0.717, 1.165) is 37.7 Å². The zero-order valence-corrected chi connectivity index (χ0v) is 9.49. The number of nitrogens with one attached hydrogen (secondary N) is 1. The van der Waals surface area contributed by atoms with Gasteiger partial charge in [-0.05, 0) is 27.1 Å². The van der Waals surface area contributed by atoms with E-state index in [9.17, 15) is 0 Å². The summed E-state index contributed by atoms with van der Waals surface area (Å²) in [6, 6.07) is 0. The van der Waals surface area contributed by atoms with Crippen LogP contribution >= 0.6 is 0 Å². The average Bonchev–Trinajstić information content (AvgIpc) is 2.83. The molecule has 4 nitrogen and oxygen atoms in total. The number of hydrogen-bond donors (Lipinski definition) is 1. The van der Waals surface area contributed by atoms with Crippen LogP contribution in [0.2, 0.25) is 0 Å². The first-order valence-corrected chi connectivity index (χ1v) is 5.57. The average molecular weight is 209 g/mol. The standard InChI is InChI=1S/C11H19N3O/c1-12-5-3-10-7-13-11(15-10)9-4-6-14(2)8-9/h7,9,12H,3-6,8H2,1-2H3. The van der Waals surface area contributed by atoms with E-state index in [1.165, 1.54) is 6.42 Å². The maximum Gasteiger partial charge on any atom is 0.198 e. The van der Waals surface area contributed by atoms with Crippen LogP contribution < -0.4 is 5.32 Å². The Kier molecular flexibility index (Phi) is 3.38. The highest BCUT2D eigenvalue weighted by atomic mass is 16.4. The minimum atomic E-state index is 0.498. The fraction of sp³-hybridized carbons (Fsp3) is 0.727. The van der Waals surface area contributed by atoms with Gasteiger partial charge in [0.15, 0.2) is 5.89 Å². The third-order valence-corrected chi connectivity index (χ3v) is 2.93. The second-order valence-electron chi connectivity index (χ2n) is 4.27. The smallest absolute Gasteiger partial charge is 0.198 e. The van der Waals surface area contributed by atoms with Crippen molar-refractivity contribution in [3.05, 3.63) is 17.8 Å². The number of aromatic nitrogens is 1. The number of nitrogens with zero attached hydrogens (tertiary/aromatic N) is 2. The van der Waals surface area contributed by atoms with Crippen LogP contribution in [0.15, 0.2) is 10.6 Å². The van der Waals surface area contributed by atoms with Gasteiger partial charge in [0, 0.05) is 25.4 Å². The Bertz CT molecular complexity index is 311. The van der Waals surface area contributed by atoms with E-state index in [4.69, 9.17) is 4.42 Å². The summed E-state index contributed by atoms with van der Waals surface area (Å²) >= 11 is 0. The first-order valence-electron chi connectivity index (χ1n) is 5.57. The monoisotopic (exact) mass is 209 g/mol. The quantitative estimate of drug-likeness (QED) is 0.798. The number of likely N-dealkylation sites (tertiary alicyclic amines) is 1. The van der Waals surface area contributed by atoms with Gasteiger partial charge in [-0.25, -0.2) is 4.98 Å². The Hall–Kier alpha value is -0.870. The molecule has 0 spiro atoms. The van der Waals surface area contributed by atoms with Crippen molar-refractivity contribution in [3.63, 3.8) is 0 Å². The van der Waals surface area contributed by atoms with Gasteiger partial charge in [-0.2, -0.15) is 0 Å². The molecule has 15 heavy (non-hydrogen) atoms. The van der Waals surface area contributed by atoms with Crippen LogP contribution in [0.3, 0.4) is 0 Å². The predicted octanol–water partition coefficient (Wildman–Crippen LogP) is 0.856. The maximum absolute atomic E-state index is 5.74. The predicted molar refractivity (Wildman–Crippen MR) is 59.0 cm³/mol. The third kappa shape index (κ3) is 2.58. The molecule has 0 aliphatic carbocycles. The molecular formula is C11H19N3O. The normalized spacial score (nSPS) is 22.4. The second-order valence-corrected chi connectivity index (χ2v) is 4.27. The minimum Gasteiger partial charge on any atom is -0.445 e. The number of likely N-dealkylation sites (N-methyl/N-ethyl adjacent to an activating group) is 2. The van der Waals surface area contributed by atoms with E-state index >= 15 is 0 Å². The van der Waals surface area contributed by atoms with Gasteiger partial charge in [-0.3, -0.25) is 0 Å². The van der Waals surface area contributed by atoms with Crippen molar-refractivity contribution >= 4 is 0 Å². The number of oxazole rings is 1. The molecule has 1 unspecified atom stereocenters. The van der Waals surface area contributed by atoms with E-state index in [0.29, 0.717) is 5.92 Å². The minimum absolute atomic E-state index is 0.498. The van der Waals surface area contributed by atoms with Crippen LogP contribution in [-0.4, -0.2) is 43.6 Å². The van der Waals surface area contributed by atoms with Crippen molar-refractivity contribution in [1.82, 2.24) is 15.2 Å². The second kappa shape index (κ2) is 4.77. The molecular weight excluding hydrogens is 190 g/mol. The van der Waals surface area contributed by atoms with Crippen molar-refractivity contribution in [2.45, 2.75) is 18.8 Å². The maximum atomic E-state index is 5.74. The Balaban J connectivity index is 1.94. The summed E-state index contributed by atoms with van der Waals surface area (Å²) in [5.41, 5.74) is 0. The van der Waals surface area contributed by atoms with Crippen LogP contribution in [0.4, 0.5) is 0 Å². The molecule has 0 aromatic carbocycles. The van der Waals surface area contributed by atoms with Gasteiger partial charge >= 0.3 is 0 Å². The SMILES string of the molecule is CNCCc1cnc(C2CCN(C)C2)o1. The molecule has 1 aliphatic rings. The van der Waals surface area contributed by atoms with E-state index in [1.807, 2.05) is 13.2 Å². The Morgan fingerprint density at radius 1 is 1.67 bits per heavy atom. The third-order valence-electron chi connectivity index (χ3n) is 2.93. The summed E-state index contributed by atoms with van der Waals surface area (Å²) in [5, 5.41) is 3.11. The summed E-state index contributed by atoms with van der Waals surface area (Å²) in [5.74, 6) is 2.41. The first kappa shape index (κ1) is 10.6. The zero-order chi connectivity index (χ0) is 10.7. The molecule has 1 saturated heterocycles. The lowest BCUT2D eigenvalue weighted by atomic mass is 10.1. The highest BCUT2D eigenvalue weighted by molar-refractivity contribution is 5.02. The van der Waals surface area contributed by atoms with Crippen LogP contribution in [0, 0.1) is 0 Å². The summed E-state index contributed by atoms with van der Waals surface area (Å²) in [4.78, 5) is 6.69. The van der Waals surface area contributed by atoms with Crippen molar-refractivity contribution < 1.29 is 4.42 Å². The molecule has 2 rings (SSSR count). The van der Waals surface area contributed by atoms with Crippen molar-refractivity contribution in [3.8, 4) is 0 Å². The van der Waals surface area contributed by atoms with Gasteiger partial charge in [0.2, 0.25) is 0 Å². The lowest BCUT2D eigenvalue weighted by molar-refractivity contribution is 0.383. The molecule has 0 bridgehead atoms. The number of rotatable bonds is 4. The van der Waals surface area contributed by atoms with Crippen molar-refractivity contribution in [1.29, 1.82) is 0 Å². The Morgan fingerprint density at radius 3 is 3.20 bits per heavy atom. The molecule has 1 N–H and O–H groups in total. The fourth-order valence-electron chi connectivity index (χ4n) is 2.01. The van der Waals surface area contributed by atoms with E-state index < -0.39 is 0 Å². The van der Waals surface area contributed by atoms with Crippen LogP contribution in [0.5, 0.6) is 0 Å². The molecule has 0 saturated carbocycles. The molecule has 0 amide bonds. The zero-order valence-electron chi connectivity index (χ0n) is 9.49. The highest BCUT2D eigenvalue weighted by Crippen LogP contribution is 2.25. The van der Waals surface area contributed by atoms with Crippen LogP contribution in [0.25, 0.3) is 0 Å². The van der Waals surface area contributed by atoms with E-state index in [2.05, 4.69) is 22.2 Å². The topological polar surface area (TPSA) is 41.3 Å². The van der Waals surface area contributed by atoms with Crippen molar-refractivity contribution in [2.24, 2.45) is 0 Å². The highest BCUT2D eigenvalue weighted by Gasteiger charge is 2.24. The largest absolute Gasteiger partial charge is 0.445 e. The first-order chi connectivity index (χ1) is 7.29. The van der Waals surface area contributed by atoms with Gasteiger partial charge in [0.25, 0.3) is 0 Å². The lowest BCUT2D eigenvalue weighted by Crippen LogP contribution is -2.13. The van der Waals surface area contributed by atoms with Gasteiger partial charge in [0.1, 0.15) is 5.76 Å². The fourth-order valence-corrected chi connectivity index (χ4v) is 2.01. The summed E-state index contributed by atoms with van der Waals surface area (Å²) < 4.78 is 5.74. The van der Waals surface area contributed by atoms with Gasteiger partial charge in [-0.1, -0.05) is 0 Å². The van der Waals surface area contributed by atoms with Crippen LogP contribution in [-0.2, 0) is 6.42 Å². The molecule has 1 aliphatic heterocycles. The molecule has 84 valence electrons.